The third kappa shape index (κ3) is 2.80. The van der Waals surface area contributed by atoms with Gasteiger partial charge in [-0.1, -0.05) is 25.4 Å². The maximum atomic E-state index is 11.6. The van der Waals surface area contributed by atoms with Gasteiger partial charge in [-0.05, 0) is 12.8 Å². The SMILES string of the molecule is CCCC(C1CC2=NOC(=O)C21)N(CC)OCCO. The first-order valence-electron chi connectivity index (χ1n) is 7.00. The van der Waals surface area contributed by atoms with Crippen molar-refractivity contribution in [3.63, 3.8) is 0 Å². The van der Waals surface area contributed by atoms with E-state index in [4.69, 9.17) is 14.8 Å². The number of hydrogen-bond acceptors (Lipinski definition) is 6. The highest BCUT2D eigenvalue weighted by molar-refractivity contribution is 6.09. The van der Waals surface area contributed by atoms with Gasteiger partial charge >= 0.3 is 5.97 Å². The summed E-state index contributed by atoms with van der Waals surface area (Å²) < 4.78 is 0. The minimum atomic E-state index is -0.231. The number of oxime groups is 1. The van der Waals surface area contributed by atoms with E-state index in [1.165, 1.54) is 0 Å². The molecule has 2 rings (SSSR count). The first kappa shape index (κ1) is 14.4. The summed E-state index contributed by atoms with van der Waals surface area (Å²) in [7, 11) is 0. The molecule has 3 atom stereocenters. The minimum Gasteiger partial charge on any atom is -0.394 e. The van der Waals surface area contributed by atoms with Crippen LogP contribution in [0.2, 0.25) is 0 Å². The summed E-state index contributed by atoms with van der Waals surface area (Å²) >= 11 is 0. The molecular weight excluding hydrogens is 248 g/mol. The van der Waals surface area contributed by atoms with Crippen LogP contribution in [0.1, 0.15) is 33.1 Å². The summed E-state index contributed by atoms with van der Waals surface area (Å²) in [6, 6.07) is 0.177. The maximum Gasteiger partial charge on any atom is 0.344 e. The van der Waals surface area contributed by atoms with E-state index in [1.54, 1.807) is 0 Å². The van der Waals surface area contributed by atoms with Gasteiger partial charge in [-0.2, -0.15) is 5.06 Å². The van der Waals surface area contributed by atoms with E-state index in [-0.39, 0.29) is 37.1 Å². The molecule has 108 valence electrons. The van der Waals surface area contributed by atoms with Crippen LogP contribution in [-0.4, -0.2) is 47.7 Å². The fraction of sp³-hybridized carbons (Fsp3) is 0.846. The van der Waals surface area contributed by atoms with Crippen LogP contribution >= 0.6 is 0 Å². The Morgan fingerprint density at radius 2 is 2.37 bits per heavy atom. The van der Waals surface area contributed by atoms with Crippen LogP contribution in [0.5, 0.6) is 0 Å². The molecule has 1 saturated carbocycles. The number of rotatable bonds is 8. The van der Waals surface area contributed by atoms with Crippen LogP contribution < -0.4 is 0 Å². The molecule has 1 aliphatic heterocycles. The van der Waals surface area contributed by atoms with Crippen LogP contribution in [0.3, 0.4) is 0 Å². The highest BCUT2D eigenvalue weighted by atomic mass is 16.7. The molecule has 19 heavy (non-hydrogen) atoms. The predicted octanol–water partition coefficient (Wildman–Crippen LogP) is 0.950. The zero-order chi connectivity index (χ0) is 13.8. The first-order chi connectivity index (χ1) is 9.22. The quantitative estimate of drug-likeness (QED) is 0.525. The van der Waals surface area contributed by atoms with E-state index in [9.17, 15) is 4.79 Å². The summed E-state index contributed by atoms with van der Waals surface area (Å²) in [4.78, 5) is 22.0. The molecule has 1 fully saturated rings. The fourth-order valence-electron chi connectivity index (χ4n) is 2.94. The van der Waals surface area contributed by atoms with Crippen LogP contribution in [0.25, 0.3) is 0 Å². The number of aliphatic hydroxyl groups excluding tert-OH is 1. The Bertz CT molecular complexity index is 359. The largest absolute Gasteiger partial charge is 0.394 e. The topological polar surface area (TPSA) is 71.4 Å². The molecule has 0 radical (unpaired) electrons. The number of fused-ring (bicyclic) bond motifs is 1. The summed E-state index contributed by atoms with van der Waals surface area (Å²) in [5, 5.41) is 14.6. The zero-order valence-corrected chi connectivity index (χ0v) is 11.5. The van der Waals surface area contributed by atoms with Crippen LogP contribution in [0.4, 0.5) is 0 Å². The average Bonchev–Trinajstić information content (AvgIpc) is 2.65. The lowest BCUT2D eigenvalue weighted by Gasteiger charge is -2.42. The van der Waals surface area contributed by atoms with Gasteiger partial charge in [-0.25, -0.2) is 4.79 Å². The standard InChI is InChI=1S/C13H22N2O4/c1-3-5-11(15(4-2)18-7-6-16)9-8-10-12(9)13(17)19-14-10/h9,11-12,16H,3-8H2,1-2H3. The Kier molecular flexibility index (Phi) is 4.90. The van der Waals surface area contributed by atoms with Crippen molar-refractivity contribution in [1.29, 1.82) is 0 Å². The Morgan fingerprint density at radius 3 is 2.95 bits per heavy atom. The second-order valence-electron chi connectivity index (χ2n) is 4.98. The van der Waals surface area contributed by atoms with Crippen LogP contribution in [-0.2, 0) is 14.5 Å². The molecule has 6 nitrogen and oxygen atoms in total. The number of carbonyl (C=O) groups excluding carboxylic acids is 1. The summed E-state index contributed by atoms with van der Waals surface area (Å²) in [6.45, 7) is 5.15. The smallest absolute Gasteiger partial charge is 0.344 e. The fourth-order valence-corrected chi connectivity index (χ4v) is 2.94. The van der Waals surface area contributed by atoms with Gasteiger partial charge in [0.05, 0.1) is 18.9 Å². The molecule has 3 unspecified atom stereocenters. The summed E-state index contributed by atoms with van der Waals surface area (Å²) in [5.74, 6) is -0.193. The van der Waals surface area contributed by atoms with Gasteiger partial charge < -0.3 is 9.94 Å². The molecule has 0 aromatic carbocycles. The molecule has 0 spiro atoms. The Hall–Kier alpha value is -0.980. The predicted molar refractivity (Wildman–Crippen MR) is 69.2 cm³/mol. The molecule has 6 heteroatoms. The van der Waals surface area contributed by atoms with Crippen molar-refractivity contribution in [2.24, 2.45) is 17.0 Å². The van der Waals surface area contributed by atoms with E-state index < -0.39 is 0 Å². The van der Waals surface area contributed by atoms with Gasteiger partial charge in [-0.15, -0.1) is 0 Å². The maximum absolute atomic E-state index is 11.6. The lowest BCUT2D eigenvalue weighted by Crippen LogP contribution is -2.52. The van der Waals surface area contributed by atoms with Crippen molar-refractivity contribution in [3.05, 3.63) is 0 Å². The molecule has 0 aromatic heterocycles. The number of carbonyl (C=O) groups is 1. The van der Waals surface area contributed by atoms with E-state index in [0.29, 0.717) is 0 Å². The van der Waals surface area contributed by atoms with Gasteiger partial charge in [0.2, 0.25) is 0 Å². The average molecular weight is 270 g/mol. The van der Waals surface area contributed by atoms with E-state index in [0.717, 1.165) is 31.5 Å². The summed E-state index contributed by atoms with van der Waals surface area (Å²) in [6.07, 6.45) is 2.79. The van der Waals surface area contributed by atoms with Crippen molar-refractivity contribution in [2.75, 3.05) is 19.8 Å². The van der Waals surface area contributed by atoms with E-state index in [1.807, 2.05) is 12.0 Å². The van der Waals surface area contributed by atoms with Crippen molar-refractivity contribution >= 4 is 11.7 Å². The highest BCUT2D eigenvalue weighted by Gasteiger charge is 2.52. The zero-order valence-electron chi connectivity index (χ0n) is 11.5. The number of nitrogens with zero attached hydrogens (tertiary/aromatic N) is 2. The second-order valence-corrected chi connectivity index (χ2v) is 4.98. The molecule has 0 amide bonds. The molecule has 0 bridgehead atoms. The third-order valence-corrected chi connectivity index (χ3v) is 3.85. The summed E-state index contributed by atoms with van der Waals surface area (Å²) in [5.41, 5.74) is 0.870. The van der Waals surface area contributed by atoms with Gasteiger partial charge in [0, 0.05) is 18.5 Å². The lowest BCUT2D eigenvalue weighted by atomic mass is 9.67. The van der Waals surface area contributed by atoms with Gasteiger partial charge in [0.25, 0.3) is 0 Å². The Morgan fingerprint density at radius 1 is 1.58 bits per heavy atom. The van der Waals surface area contributed by atoms with Gasteiger partial charge in [-0.3, -0.25) is 4.84 Å². The van der Waals surface area contributed by atoms with E-state index in [2.05, 4.69) is 12.1 Å². The van der Waals surface area contributed by atoms with Crippen LogP contribution in [0.15, 0.2) is 5.16 Å². The molecular formula is C13H22N2O4. The molecule has 0 saturated heterocycles. The van der Waals surface area contributed by atoms with Crippen molar-refractivity contribution in [3.8, 4) is 0 Å². The number of hydroxylamine groups is 2. The third-order valence-electron chi connectivity index (χ3n) is 3.85. The molecule has 1 N–H and O–H groups in total. The van der Waals surface area contributed by atoms with Crippen molar-refractivity contribution in [1.82, 2.24) is 5.06 Å². The Labute approximate surface area is 113 Å². The number of aliphatic hydroxyl groups is 1. The molecule has 2 aliphatic rings. The normalized spacial score (nSPS) is 26.7. The van der Waals surface area contributed by atoms with Gasteiger partial charge in [0.1, 0.15) is 5.92 Å². The van der Waals surface area contributed by atoms with Crippen LogP contribution in [0, 0.1) is 11.8 Å². The molecule has 1 aliphatic carbocycles. The van der Waals surface area contributed by atoms with E-state index >= 15 is 0 Å². The minimum absolute atomic E-state index is 0.00180. The molecule has 1 heterocycles. The van der Waals surface area contributed by atoms with Gasteiger partial charge in [0.15, 0.2) is 0 Å². The molecule has 0 aromatic rings. The Balaban J connectivity index is 2.03. The van der Waals surface area contributed by atoms with Crippen molar-refractivity contribution in [2.45, 2.75) is 39.2 Å². The first-order valence-corrected chi connectivity index (χ1v) is 7.00. The monoisotopic (exact) mass is 270 g/mol. The van der Waals surface area contributed by atoms with Crippen molar-refractivity contribution < 1.29 is 19.6 Å². The lowest BCUT2D eigenvalue weighted by molar-refractivity contribution is -0.206. The number of hydrogen-bond donors (Lipinski definition) is 1. The second kappa shape index (κ2) is 6.45. The highest BCUT2D eigenvalue weighted by Crippen LogP contribution is 2.41.